The number of rotatable bonds is 4. The summed E-state index contributed by atoms with van der Waals surface area (Å²) in [5, 5.41) is 5.18. The van der Waals surface area contributed by atoms with E-state index >= 15 is 0 Å². The topological polar surface area (TPSA) is 96.6 Å². The second-order valence-corrected chi connectivity index (χ2v) is 9.92. The number of thiazole rings is 1. The Morgan fingerprint density at radius 3 is 2.38 bits per heavy atom. The summed E-state index contributed by atoms with van der Waals surface area (Å²) < 4.78 is 65.2. The molecule has 0 radical (unpaired) electrons. The van der Waals surface area contributed by atoms with E-state index in [-0.39, 0.29) is 33.7 Å². The number of hydrogen-bond donors (Lipinski definition) is 1. The Morgan fingerprint density at radius 1 is 1.09 bits per heavy atom. The molecule has 2 N–H and O–H groups in total. The Morgan fingerprint density at radius 2 is 1.75 bits per heavy atom. The third-order valence-corrected chi connectivity index (χ3v) is 7.61. The van der Waals surface area contributed by atoms with Crippen LogP contribution in [0.2, 0.25) is 0 Å². The molecule has 0 unspecified atom stereocenters. The molecular formula is C20H17F3N4O3S2. The number of sulfonamides is 1. The van der Waals surface area contributed by atoms with Crippen LogP contribution in [0.5, 0.6) is 0 Å². The maximum absolute atomic E-state index is 14.5. The summed E-state index contributed by atoms with van der Waals surface area (Å²) in [6, 6.07) is 8.48. The van der Waals surface area contributed by atoms with Crippen LogP contribution >= 0.6 is 11.3 Å². The average molecular weight is 483 g/mol. The van der Waals surface area contributed by atoms with Crippen molar-refractivity contribution in [1.82, 2.24) is 4.98 Å². The van der Waals surface area contributed by atoms with Crippen LogP contribution in [-0.2, 0) is 10.0 Å². The molecule has 0 bridgehead atoms. The summed E-state index contributed by atoms with van der Waals surface area (Å²) in [5.74, 6) is -1.20. The van der Waals surface area contributed by atoms with E-state index in [1.807, 2.05) is 0 Å². The molecule has 3 aromatic rings. The molecule has 2 amide bonds. The highest BCUT2D eigenvalue weighted by molar-refractivity contribution is 7.91. The van der Waals surface area contributed by atoms with Crippen molar-refractivity contribution >= 4 is 38.2 Å². The van der Waals surface area contributed by atoms with Gasteiger partial charge in [0.05, 0.1) is 18.8 Å². The van der Waals surface area contributed by atoms with Gasteiger partial charge in [0.25, 0.3) is 0 Å². The van der Waals surface area contributed by atoms with Crippen LogP contribution in [0.15, 0.2) is 46.7 Å². The van der Waals surface area contributed by atoms with Gasteiger partial charge >= 0.3 is 6.03 Å². The Hall–Kier alpha value is -2.96. The monoisotopic (exact) mass is 482 g/mol. The average Bonchev–Trinajstić information content (AvgIpc) is 3.13. The fourth-order valence-electron chi connectivity index (χ4n) is 3.42. The molecule has 7 nitrogen and oxygen atoms in total. The van der Waals surface area contributed by atoms with Gasteiger partial charge in [0.2, 0.25) is 10.0 Å². The predicted molar refractivity (Wildman–Crippen MR) is 115 cm³/mol. The van der Waals surface area contributed by atoms with Crippen LogP contribution in [0.25, 0.3) is 11.1 Å². The number of aromatic nitrogens is 1. The van der Waals surface area contributed by atoms with Gasteiger partial charge in [0, 0.05) is 11.3 Å². The molecule has 32 heavy (non-hydrogen) atoms. The van der Waals surface area contributed by atoms with E-state index in [1.165, 1.54) is 36.1 Å². The first-order valence-corrected chi connectivity index (χ1v) is 11.7. The minimum Gasteiger partial charge on any atom is -0.291 e. The zero-order valence-electron chi connectivity index (χ0n) is 16.6. The summed E-state index contributed by atoms with van der Waals surface area (Å²) >= 11 is 0.689. The number of nitrogens with zero attached hydrogens (tertiary/aromatic N) is 3. The molecule has 2 heterocycles. The molecule has 0 saturated carbocycles. The van der Waals surface area contributed by atoms with E-state index in [4.69, 9.17) is 5.14 Å². The number of carbonyl (C=O) groups is 1. The Bertz CT molecular complexity index is 1300. The van der Waals surface area contributed by atoms with Gasteiger partial charge in [-0.3, -0.25) is 9.80 Å². The SMILES string of the molecule is Cc1nc(N2C[C@@H](F)CN(c3ccc(-c4cc(F)ccc4F)cc3)C2=O)sc1S(N)(=O)=O. The van der Waals surface area contributed by atoms with Crippen LogP contribution in [0, 0.1) is 18.6 Å². The van der Waals surface area contributed by atoms with Crippen molar-refractivity contribution in [2.75, 3.05) is 22.9 Å². The number of alkyl halides is 1. The number of hydrogen-bond acceptors (Lipinski definition) is 5. The summed E-state index contributed by atoms with van der Waals surface area (Å²) in [6.45, 7) is 0.914. The Labute approximate surface area is 186 Å². The Kier molecular flexibility index (Phi) is 5.69. The van der Waals surface area contributed by atoms with Crippen LogP contribution in [-0.4, -0.2) is 38.7 Å². The fraction of sp³-hybridized carbons (Fsp3) is 0.200. The van der Waals surface area contributed by atoms with Crippen LogP contribution in [0.3, 0.4) is 0 Å². The van der Waals surface area contributed by atoms with E-state index in [0.717, 1.165) is 23.1 Å². The number of carbonyl (C=O) groups excluding carboxylic acids is 1. The number of nitrogens with two attached hydrogens (primary N) is 1. The molecule has 1 aromatic heterocycles. The number of urea groups is 1. The molecule has 1 aliphatic heterocycles. The third-order valence-electron chi connectivity index (χ3n) is 4.87. The van der Waals surface area contributed by atoms with E-state index in [1.54, 1.807) is 0 Å². The van der Waals surface area contributed by atoms with Gasteiger partial charge in [-0.1, -0.05) is 23.5 Å². The zero-order valence-corrected chi connectivity index (χ0v) is 18.3. The minimum atomic E-state index is -4.03. The van der Waals surface area contributed by atoms with E-state index in [9.17, 15) is 26.4 Å². The van der Waals surface area contributed by atoms with Gasteiger partial charge in [0.15, 0.2) is 9.34 Å². The third kappa shape index (κ3) is 4.20. The molecule has 4 rings (SSSR count). The van der Waals surface area contributed by atoms with Gasteiger partial charge in [-0.25, -0.2) is 36.5 Å². The predicted octanol–water partition coefficient (Wildman–Crippen LogP) is 3.83. The second-order valence-electron chi connectivity index (χ2n) is 7.19. The van der Waals surface area contributed by atoms with Crippen molar-refractivity contribution in [3.8, 4) is 11.1 Å². The molecule has 168 valence electrons. The van der Waals surface area contributed by atoms with Crippen molar-refractivity contribution in [1.29, 1.82) is 0 Å². The maximum atomic E-state index is 14.5. The second kappa shape index (κ2) is 8.19. The largest absolute Gasteiger partial charge is 0.330 e. The van der Waals surface area contributed by atoms with Gasteiger partial charge in [-0.05, 0) is 42.8 Å². The molecule has 1 aliphatic rings. The highest BCUT2D eigenvalue weighted by Crippen LogP contribution is 2.33. The molecule has 0 spiro atoms. The lowest BCUT2D eigenvalue weighted by atomic mass is 10.0. The maximum Gasteiger partial charge on any atom is 0.330 e. The molecule has 1 atom stereocenters. The minimum absolute atomic E-state index is 0.0160. The van der Waals surface area contributed by atoms with Gasteiger partial charge < -0.3 is 0 Å². The lowest BCUT2D eigenvalue weighted by Gasteiger charge is -2.36. The van der Waals surface area contributed by atoms with Crippen LogP contribution in [0.1, 0.15) is 5.69 Å². The lowest BCUT2D eigenvalue weighted by molar-refractivity contribution is 0.236. The number of aryl methyl sites for hydroxylation is 1. The summed E-state index contributed by atoms with van der Waals surface area (Å²) in [6.07, 6.45) is -1.44. The first-order chi connectivity index (χ1) is 15.0. The fourth-order valence-corrected chi connectivity index (χ4v) is 5.37. The summed E-state index contributed by atoms with van der Waals surface area (Å²) in [4.78, 5) is 19.4. The quantitative estimate of drug-likeness (QED) is 0.611. The number of amides is 2. The summed E-state index contributed by atoms with van der Waals surface area (Å²) in [5.41, 5.74) is 0.898. The van der Waals surface area contributed by atoms with E-state index in [0.29, 0.717) is 22.6 Å². The molecule has 2 aromatic carbocycles. The van der Waals surface area contributed by atoms with Crippen molar-refractivity contribution in [2.45, 2.75) is 17.3 Å². The van der Waals surface area contributed by atoms with Gasteiger partial charge in [-0.15, -0.1) is 0 Å². The molecule has 1 saturated heterocycles. The number of halogens is 3. The summed E-state index contributed by atoms with van der Waals surface area (Å²) in [7, 11) is -4.03. The van der Waals surface area contributed by atoms with Crippen molar-refractivity contribution < 1.29 is 26.4 Å². The molecular weight excluding hydrogens is 465 g/mol. The van der Waals surface area contributed by atoms with Crippen molar-refractivity contribution in [3.05, 3.63) is 59.8 Å². The first-order valence-electron chi connectivity index (χ1n) is 9.33. The van der Waals surface area contributed by atoms with E-state index in [2.05, 4.69) is 4.98 Å². The lowest BCUT2D eigenvalue weighted by Crippen LogP contribution is -2.55. The van der Waals surface area contributed by atoms with Gasteiger partial charge in [-0.2, -0.15) is 0 Å². The number of anilines is 2. The highest BCUT2D eigenvalue weighted by Gasteiger charge is 2.36. The number of primary sulfonamides is 1. The molecule has 12 heteroatoms. The van der Waals surface area contributed by atoms with Crippen LogP contribution < -0.4 is 14.9 Å². The molecule has 1 fully saturated rings. The van der Waals surface area contributed by atoms with E-state index < -0.39 is 33.9 Å². The van der Waals surface area contributed by atoms with Crippen molar-refractivity contribution in [2.24, 2.45) is 5.14 Å². The normalized spacial score (nSPS) is 17.2. The van der Waals surface area contributed by atoms with Gasteiger partial charge in [0.1, 0.15) is 17.8 Å². The van der Waals surface area contributed by atoms with Crippen molar-refractivity contribution in [3.63, 3.8) is 0 Å². The molecule has 0 aliphatic carbocycles. The smallest absolute Gasteiger partial charge is 0.291 e. The van der Waals surface area contributed by atoms with Crippen LogP contribution in [0.4, 0.5) is 28.8 Å². The number of benzene rings is 2. The standard InChI is InChI=1S/C20H17F3N4O3S2/c1-11-18(32(24,29)30)31-19(25-11)27-10-14(22)9-26(20(27)28)15-5-2-12(3-6-15)16-8-13(21)4-7-17(16)23/h2-8,14H,9-10H2,1H3,(H2,24,29,30)/t14-/m0/s1. The Balaban J connectivity index is 1.64. The highest BCUT2D eigenvalue weighted by atomic mass is 32.2. The zero-order chi connectivity index (χ0) is 23.2. The first kappa shape index (κ1) is 22.2.